The third kappa shape index (κ3) is 3.06. The first kappa shape index (κ1) is 11.7. The lowest BCUT2D eigenvalue weighted by Gasteiger charge is -2.15. The molecule has 0 saturated carbocycles. The number of amides is 1. The highest BCUT2D eigenvalue weighted by molar-refractivity contribution is 9.10. The first-order valence-electron chi connectivity index (χ1n) is 4.07. The van der Waals surface area contributed by atoms with Crippen molar-refractivity contribution in [3.05, 3.63) is 28.5 Å². The molecule has 1 heterocycles. The van der Waals surface area contributed by atoms with Crippen molar-refractivity contribution in [1.82, 2.24) is 9.88 Å². The minimum Gasteiger partial charge on any atom is -0.341 e. The Balaban J connectivity index is 2.78. The first-order chi connectivity index (χ1) is 6.65. The number of hydrogen-bond donors (Lipinski definition) is 0. The molecule has 14 heavy (non-hydrogen) atoms. The number of pyridine rings is 1. The molecule has 0 bridgehead atoms. The van der Waals surface area contributed by atoms with E-state index >= 15 is 0 Å². The van der Waals surface area contributed by atoms with Crippen LogP contribution in [-0.2, 0) is 0 Å². The molecule has 76 valence electrons. The van der Waals surface area contributed by atoms with Gasteiger partial charge in [-0.1, -0.05) is 15.9 Å². The van der Waals surface area contributed by atoms with Gasteiger partial charge in [-0.25, -0.2) is 0 Å². The SMILES string of the molecule is CN(CCBr)C(=O)c1cncc(Br)c1. The summed E-state index contributed by atoms with van der Waals surface area (Å²) in [5.74, 6) is -0.0155. The fourth-order valence-electron chi connectivity index (χ4n) is 0.978. The molecule has 0 fully saturated rings. The predicted octanol–water partition coefficient (Wildman–Crippen LogP) is 2.31. The summed E-state index contributed by atoms with van der Waals surface area (Å²) < 4.78 is 0.815. The maximum absolute atomic E-state index is 11.7. The molecule has 5 heteroatoms. The summed E-state index contributed by atoms with van der Waals surface area (Å²) in [4.78, 5) is 17.3. The molecule has 0 radical (unpaired) electrons. The van der Waals surface area contributed by atoms with Crippen LogP contribution in [-0.4, -0.2) is 34.7 Å². The number of halogens is 2. The molecule has 0 N–H and O–H groups in total. The average Bonchev–Trinajstić information content (AvgIpc) is 2.17. The summed E-state index contributed by atoms with van der Waals surface area (Å²) in [7, 11) is 1.77. The van der Waals surface area contributed by atoms with E-state index < -0.39 is 0 Å². The molecular formula is C9H10Br2N2O. The standard InChI is InChI=1S/C9H10Br2N2O/c1-13(3-2-10)9(14)7-4-8(11)6-12-5-7/h4-6H,2-3H2,1H3. The molecule has 1 amide bonds. The van der Waals surface area contributed by atoms with Gasteiger partial charge in [0.15, 0.2) is 0 Å². The Morgan fingerprint density at radius 1 is 1.57 bits per heavy atom. The zero-order valence-electron chi connectivity index (χ0n) is 7.70. The van der Waals surface area contributed by atoms with Crippen molar-refractivity contribution in [3.8, 4) is 0 Å². The van der Waals surface area contributed by atoms with E-state index in [1.807, 2.05) is 0 Å². The Hall–Kier alpha value is -0.420. The van der Waals surface area contributed by atoms with Crippen LogP contribution in [0.1, 0.15) is 10.4 Å². The van der Waals surface area contributed by atoms with Crippen LogP contribution in [0.15, 0.2) is 22.9 Å². The monoisotopic (exact) mass is 320 g/mol. The molecule has 0 spiro atoms. The molecule has 0 aliphatic heterocycles. The van der Waals surface area contributed by atoms with E-state index in [4.69, 9.17) is 0 Å². The Bertz CT molecular complexity index is 330. The van der Waals surface area contributed by atoms with Crippen LogP contribution in [0.25, 0.3) is 0 Å². The molecule has 1 aromatic rings. The minimum atomic E-state index is -0.0155. The second-order valence-corrected chi connectivity index (χ2v) is 4.52. The van der Waals surface area contributed by atoms with Gasteiger partial charge in [-0.15, -0.1) is 0 Å². The van der Waals surface area contributed by atoms with E-state index in [2.05, 4.69) is 36.8 Å². The molecule has 0 aromatic carbocycles. The van der Waals surface area contributed by atoms with Crippen molar-refractivity contribution in [3.63, 3.8) is 0 Å². The van der Waals surface area contributed by atoms with Crippen LogP contribution >= 0.6 is 31.9 Å². The van der Waals surface area contributed by atoms with Gasteiger partial charge < -0.3 is 4.90 Å². The van der Waals surface area contributed by atoms with E-state index in [-0.39, 0.29) is 5.91 Å². The molecule has 1 rings (SSSR count). The molecule has 0 aliphatic rings. The third-order valence-corrected chi connectivity index (χ3v) is 2.51. The van der Waals surface area contributed by atoms with Crippen molar-refractivity contribution in [2.45, 2.75) is 0 Å². The highest BCUT2D eigenvalue weighted by Gasteiger charge is 2.11. The number of rotatable bonds is 3. The van der Waals surface area contributed by atoms with E-state index in [1.165, 1.54) is 0 Å². The second kappa shape index (κ2) is 5.46. The number of alkyl halides is 1. The number of nitrogens with zero attached hydrogens (tertiary/aromatic N) is 2. The smallest absolute Gasteiger partial charge is 0.255 e. The summed E-state index contributed by atoms with van der Waals surface area (Å²) in [5.41, 5.74) is 0.600. The molecular weight excluding hydrogens is 312 g/mol. The summed E-state index contributed by atoms with van der Waals surface area (Å²) in [6.07, 6.45) is 3.22. The summed E-state index contributed by atoms with van der Waals surface area (Å²) in [6.45, 7) is 0.686. The fraction of sp³-hybridized carbons (Fsp3) is 0.333. The third-order valence-electron chi connectivity index (χ3n) is 1.72. The molecule has 0 unspecified atom stereocenters. The van der Waals surface area contributed by atoms with Crippen molar-refractivity contribution in [1.29, 1.82) is 0 Å². The highest BCUT2D eigenvalue weighted by atomic mass is 79.9. The van der Waals surface area contributed by atoms with Crippen molar-refractivity contribution in [2.24, 2.45) is 0 Å². The van der Waals surface area contributed by atoms with Crippen LogP contribution in [0.4, 0.5) is 0 Å². The first-order valence-corrected chi connectivity index (χ1v) is 5.98. The van der Waals surface area contributed by atoms with E-state index in [0.29, 0.717) is 12.1 Å². The lowest BCUT2D eigenvalue weighted by molar-refractivity contribution is 0.0803. The van der Waals surface area contributed by atoms with Gasteiger partial charge in [-0.2, -0.15) is 0 Å². The van der Waals surface area contributed by atoms with Gasteiger partial charge in [0.25, 0.3) is 5.91 Å². The molecule has 3 nitrogen and oxygen atoms in total. The lowest BCUT2D eigenvalue weighted by Crippen LogP contribution is -2.28. The van der Waals surface area contributed by atoms with Gasteiger partial charge in [0.05, 0.1) is 5.56 Å². The van der Waals surface area contributed by atoms with Crippen LogP contribution in [0.2, 0.25) is 0 Å². The van der Waals surface area contributed by atoms with Crippen molar-refractivity contribution in [2.75, 3.05) is 18.9 Å². The van der Waals surface area contributed by atoms with Crippen LogP contribution in [0, 0.1) is 0 Å². The quantitative estimate of drug-likeness (QED) is 0.800. The van der Waals surface area contributed by atoms with E-state index in [9.17, 15) is 4.79 Å². The molecule has 0 aliphatic carbocycles. The predicted molar refractivity (Wildman–Crippen MR) is 62.7 cm³/mol. The summed E-state index contributed by atoms with van der Waals surface area (Å²) >= 11 is 6.56. The number of hydrogen-bond acceptors (Lipinski definition) is 2. The largest absolute Gasteiger partial charge is 0.341 e. The van der Waals surface area contributed by atoms with Gasteiger partial charge in [-0.05, 0) is 22.0 Å². The van der Waals surface area contributed by atoms with Gasteiger partial charge >= 0.3 is 0 Å². The second-order valence-electron chi connectivity index (χ2n) is 2.81. The highest BCUT2D eigenvalue weighted by Crippen LogP contribution is 2.11. The zero-order valence-corrected chi connectivity index (χ0v) is 10.9. The molecule has 1 aromatic heterocycles. The Morgan fingerprint density at radius 2 is 2.29 bits per heavy atom. The molecule has 0 saturated heterocycles. The van der Waals surface area contributed by atoms with Gasteiger partial charge in [0.1, 0.15) is 0 Å². The van der Waals surface area contributed by atoms with Gasteiger partial charge in [0, 0.05) is 35.8 Å². The van der Waals surface area contributed by atoms with Gasteiger partial charge in [-0.3, -0.25) is 9.78 Å². The van der Waals surface area contributed by atoms with Crippen LogP contribution < -0.4 is 0 Å². The van der Waals surface area contributed by atoms with Crippen molar-refractivity contribution >= 4 is 37.8 Å². The molecule has 0 atom stereocenters. The van der Waals surface area contributed by atoms with Crippen molar-refractivity contribution < 1.29 is 4.79 Å². The number of carbonyl (C=O) groups excluding carboxylic acids is 1. The minimum absolute atomic E-state index is 0.0155. The average molecular weight is 322 g/mol. The lowest BCUT2D eigenvalue weighted by atomic mass is 10.2. The van der Waals surface area contributed by atoms with E-state index in [0.717, 1.165) is 9.80 Å². The Labute approximate surface area is 99.8 Å². The van der Waals surface area contributed by atoms with Crippen LogP contribution in [0.3, 0.4) is 0 Å². The maximum atomic E-state index is 11.7. The van der Waals surface area contributed by atoms with E-state index in [1.54, 1.807) is 30.4 Å². The summed E-state index contributed by atoms with van der Waals surface area (Å²) in [5, 5.41) is 0.774. The maximum Gasteiger partial charge on any atom is 0.255 e. The number of aromatic nitrogens is 1. The number of carbonyl (C=O) groups is 1. The Kier molecular flexibility index (Phi) is 4.54. The normalized spacial score (nSPS) is 9.93. The van der Waals surface area contributed by atoms with Crippen LogP contribution in [0.5, 0.6) is 0 Å². The van der Waals surface area contributed by atoms with Gasteiger partial charge in [0.2, 0.25) is 0 Å². The fourth-order valence-corrected chi connectivity index (χ4v) is 1.87. The Morgan fingerprint density at radius 3 is 2.86 bits per heavy atom. The zero-order chi connectivity index (χ0) is 10.6. The summed E-state index contributed by atoms with van der Waals surface area (Å²) in [6, 6.07) is 1.76. The topological polar surface area (TPSA) is 33.2 Å².